The van der Waals surface area contributed by atoms with Crippen molar-refractivity contribution in [2.75, 3.05) is 24.6 Å². The predicted octanol–water partition coefficient (Wildman–Crippen LogP) is 4.79. The fourth-order valence-electron chi connectivity index (χ4n) is 4.99. The summed E-state index contributed by atoms with van der Waals surface area (Å²) in [6.45, 7) is 6.35. The van der Waals surface area contributed by atoms with Gasteiger partial charge in [-0.2, -0.15) is 9.97 Å². The Bertz CT molecular complexity index is 1560. The van der Waals surface area contributed by atoms with E-state index in [-0.39, 0.29) is 57.7 Å². The van der Waals surface area contributed by atoms with Crippen LogP contribution in [0.1, 0.15) is 26.6 Å². The summed E-state index contributed by atoms with van der Waals surface area (Å²) < 4.78 is 36.8. The summed E-state index contributed by atoms with van der Waals surface area (Å²) >= 11 is 6.53. The van der Waals surface area contributed by atoms with Gasteiger partial charge in [0.15, 0.2) is 5.82 Å². The number of anilines is 1. The van der Waals surface area contributed by atoms with E-state index < -0.39 is 17.4 Å². The predicted molar refractivity (Wildman–Crippen MR) is 146 cm³/mol. The number of hydrogen-bond donors (Lipinski definition) is 1. The van der Waals surface area contributed by atoms with Crippen LogP contribution < -0.4 is 9.64 Å². The van der Waals surface area contributed by atoms with Gasteiger partial charge in [-0.15, -0.1) is 0 Å². The Hall–Kier alpha value is -4.12. The SMILES string of the molecule is CC(=O)N1C[C@H](C)N(c2nc(OCCc3ncccn3)nc3c(F)c(-c4c(O)cccc4F)c(Cl)cc23)C[C@H]1C. The second-order valence-electron chi connectivity index (χ2n) is 9.69. The molecule has 2 atom stereocenters. The van der Waals surface area contributed by atoms with E-state index in [1.807, 2.05) is 18.7 Å². The van der Waals surface area contributed by atoms with Gasteiger partial charge in [0.05, 0.1) is 17.2 Å². The van der Waals surface area contributed by atoms with Gasteiger partial charge in [-0.1, -0.05) is 17.7 Å². The van der Waals surface area contributed by atoms with Crippen molar-refractivity contribution in [1.29, 1.82) is 0 Å². The molecule has 0 unspecified atom stereocenters. The monoisotopic (exact) mass is 568 g/mol. The zero-order chi connectivity index (χ0) is 28.6. The maximum absolute atomic E-state index is 16.2. The average Bonchev–Trinajstić information content (AvgIpc) is 2.92. The first-order valence-electron chi connectivity index (χ1n) is 12.8. The maximum atomic E-state index is 16.2. The summed E-state index contributed by atoms with van der Waals surface area (Å²) in [6, 6.07) is 6.42. The van der Waals surface area contributed by atoms with Crippen molar-refractivity contribution in [2.45, 2.75) is 39.3 Å². The third kappa shape index (κ3) is 5.21. The van der Waals surface area contributed by atoms with Crippen molar-refractivity contribution in [1.82, 2.24) is 24.8 Å². The fourth-order valence-corrected chi connectivity index (χ4v) is 5.27. The molecule has 0 aliphatic carbocycles. The molecular formula is C28H27ClF2N6O3. The molecular weight excluding hydrogens is 542 g/mol. The zero-order valence-electron chi connectivity index (χ0n) is 22.1. The summed E-state index contributed by atoms with van der Waals surface area (Å²) in [5.74, 6) is -1.34. The molecule has 12 heteroatoms. The largest absolute Gasteiger partial charge is 0.507 e. The van der Waals surface area contributed by atoms with E-state index in [0.29, 0.717) is 31.2 Å². The minimum absolute atomic E-state index is 0.0397. The van der Waals surface area contributed by atoms with Gasteiger partial charge in [-0.3, -0.25) is 4.79 Å². The molecule has 0 saturated carbocycles. The Labute approximate surface area is 234 Å². The highest BCUT2D eigenvalue weighted by Crippen LogP contribution is 2.43. The van der Waals surface area contributed by atoms with Gasteiger partial charge in [-0.05, 0) is 38.1 Å². The van der Waals surface area contributed by atoms with Gasteiger partial charge in [0.25, 0.3) is 0 Å². The number of carbonyl (C=O) groups excluding carboxylic acids is 1. The van der Waals surface area contributed by atoms with Gasteiger partial charge < -0.3 is 19.6 Å². The number of carbonyl (C=O) groups is 1. The normalized spacial score (nSPS) is 17.4. The second kappa shape index (κ2) is 11.2. The molecule has 3 heterocycles. The van der Waals surface area contributed by atoms with Gasteiger partial charge in [0, 0.05) is 61.9 Å². The molecule has 4 aromatic rings. The number of phenols is 1. The lowest BCUT2D eigenvalue weighted by molar-refractivity contribution is -0.131. The lowest BCUT2D eigenvalue weighted by atomic mass is 10.0. The van der Waals surface area contributed by atoms with Gasteiger partial charge in [0.2, 0.25) is 5.91 Å². The molecule has 9 nitrogen and oxygen atoms in total. The first kappa shape index (κ1) is 27.4. The maximum Gasteiger partial charge on any atom is 0.319 e. The molecule has 40 heavy (non-hydrogen) atoms. The Morgan fingerprint density at radius 3 is 2.55 bits per heavy atom. The topological polar surface area (TPSA) is 105 Å². The number of hydrogen-bond acceptors (Lipinski definition) is 8. The Morgan fingerprint density at radius 1 is 1.10 bits per heavy atom. The van der Waals surface area contributed by atoms with E-state index in [0.717, 1.165) is 6.07 Å². The van der Waals surface area contributed by atoms with Crippen LogP contribution in [0.15, 0.2) is 42.7 Å². The summed E-state index contributed by atoms with van der Waals surface area (Å²) in [7, 11) is 0. The van der Waals surface area contributed by atoms with Crippen LogP contribution in [0.2, 0.25) is 5.02 Å². The smallest absolute Gasteiger partial charge is 0.319 e. The van der Waals surface area contributed by atoms with E-state index >= 15 is 4.39 Å². The van der Waals surface area contributed by atoms with E-state index in [1.165, 1.54) is 25.1 Å². The van der Waals surface area contributed by atoms with E-state index in [1.54, 1.807) is 23.4 Å². The van der Waals surface area contributed by atoms with Crippen LogP contribution in [0.3, 0.4) is 0 Å². The third-order valence-electron chi connectivity index (χ3n) is 6.92. The summed E-state index contributed by atoms with van der Waals surface area (Å²) in [4.78, 5) is 33.2. The molecule has 208 valence electrons. The Morgan fingerprint density at radius 2 is 1.85 bits per heavy atom. The van der Waals surface area contributed by atoms with Crippen molar-refractivity contribution in [3.8, 4) is 22.9 Å². The molecule has 0 spiro atoms. The van der Waals surface area contributed by atoms with Crippen LogP contribution in [-0.4, -0.2) is 67.6 Å². The number of nitrogens with zero attached hydrogens (tertiary/aromatic N) is 6. The van der Waals surface area contributed by atoms with Crippen LogP contribution >= 0.6 is 11.6 Å². The van der Waals surface area contributed by atoms with Crippen LogP contribution in [0.25, 0.3) is 22.0 Å². The molecule has 5 rings (SSSR count). The molecule has 1 aliphatic heterocycles. The molecule has 1 amide bonds. The quantitative estimate of drug-likeness (QED) is 0.354. The minimum atomic E-state index is -0.925. The first-order valence-corrected chi connectivity index (χ1v) is 13.1. The summed E-state index contributed by atoms with van der Waals surface area (Å²) in [5, 5.41) is 10.5. The highest BCUT2D eigenvalue weighted by molar-refractivity contribution is 6.34. The first-order chi connectivity index (χ1) is 19.2. The van der Waals surface area contributed by atoms with Crippen LogP contribution in [-0.2, 0) is 11.2 Å². The lowest BCUT2D eigenvalue weighted by Gasteiger charge is -2.44. The Kier molecular flexibility index (Phi) is 7.66. The molecule has 0 bridgehead atoms. The molecule has 2 aromatic heterocycles. The minimum Gasteiger partial charge on any atom is -0.507 e. The number of phenolic OH excluding ortho intramolecular Hbond substituents is 1. The lowest BCUT2D eigenvalue weighted by Crippen LogP contribution is -2.58. The number of rotatable bonds is 6. The molecule has 1 saturated heterocycles. The standard InChI is InChI=1S/C28H27ClF2N6O3/c1-15-14-37(16(2)13-36(15)17(3)38)27-18-12-19(29)23(24-20(30)6-4-7-21(24)39)25(31)26(18)34-28(35-27)40-11-8-22-32-9-5-10-33-22/h4-7,9-10,12,15-16,39H,8,11,13-14H2,1-3H3/t15-,16+/m1/s1. The number of ether oxygens (including phenoxy) is 1. The van der Waals surface area contributed by atoms with Gasteiger partial charge in [0.1, 0.15) is 28.7 Å². The number of aromatic hydroxyl groups is 1. The highest BCUT2D eigenvalue weighted by atomic mass is 35.5. The van der Waals surface area contributed by atoms with Gasteiger partial charge in [-0.25, -0.2) is 18.7 Å². The van der Waals surface area contributed by atoms with Crippen LogP contribution in [0.5, 0.6) is 11.8 Å². The van der Waals surface area contributed by atoms with Crippen molar-refractivity contribution >= 4 is 34.2 Å². The highest BCUT2D eigenvalue weighted by Gasteiger charge is 2.33. The zero-order valence-corrected chi connectivity index (χ0v) is 22.9. The van der Waals surface area contributed by atoms with Crippen molar-refractivity contribution < 1.29 is 23.4 Å². The molecule has 2 aromatic carbocycles. The van der Waals surface area contributed by atoms with E-state index in [2.05, 4.69) is 19.9 Å². The van der Waals surface area contributed by atoms with Crippen molar-refractivity contribution in [2.24, 2.45) is 0 Å². The number of fused-ring (bicyclic) bond motifs is 1. The molecule has 1 aliphatic rings. The van der Waals surface area contributed by atoms with Crippen LogP contribution in [0, 0.1) is 11.6 Å². The Balaban J connectivity index is 1.63. The number of benzene rings is 2. The second-order valence-corrected chi connectivity index (χ2v) is 10.1. The number of piperazine rings is 1. The molecule has 0 radical (unpaired) electrons. The van der Waals surface area contributed by atoms with E-state index in [4.69, 9.17) is 16.3 Å². The number of amides is 1. The summed E-state index contributed by atoms with van der Waals surface area (Å²) in [6.07, 6.45) is 3.60. The number of halogens is 3. The van der Waals surface area contributed by atoms with Gasteiger partial charge >= 0.3 is 6.01 Å². The third-order valence-corrected chi connectivity index (χ3v) is 7.22. The van der Waals surface area contributed by atoms with Crippen molar-refractivity contribution in [3.05, 3.63) is 65.2 Å². The van der Waals surface area contributed by atoms with Crippen LogP contribution in [0.4, 0.5) is 14.6 Å². The van der Waals surface area contributed by atoms with Crippen molar-refractivity contribution in [3.63, 3.8) is 0 Å². The average molecular weight is 569 g/mol. The molecule has 1 fully saturated rings. The molecule has 1 N–H and O–H groups in total. The fraction of sp³-hybridized carbons (Fsp3) is 0.321. The summed E-state index contributed by atoms with van der Waals surface area (Å²) in [5.41, 5.74) is -0.833. The van der Waals surface area contributed by atoms with E-state index in [9.17, 15) is 14.3 Å². The number of aromatic nitrogens is 4.